The third kappa shape index (κ3) is 1.84. The van der Waals surface area contributed by atoms with Crippen LogP contribution in [-0.2, 0) is 0 Å². The lowest BCUT2D eigenvalue weighted by atomic mass is 10.2. The van der Waals surface area contributed by atoms with Crippen LogP contribution in [0.4, 0.5) is 0 Å². The molecule has 82 valence electrons. The first-order chi connectivity index (χ1) is 7.72. The van der Waals surface area contributed by atoms with Crippen molar-refractivity contribution in [3.05, 3.63) is 36.2 Å². The highest BCUT2D eigenvalue weighted by molar-refractivity contribution is 5.80. The Hall–Kier alpha value is -2.04. The molecular formula is C11H12N4O. The molecule has 0 N–H and O–H groups in total. The van der Waals surface area contributed by atoms with Crippen LogP contribution in [-0.4, -0.2) is 26.0 Å². The van der Waals surface area contributed by atoms with Crippen molar-refractivity contribution in [3.8, 4) is 5.69 Å². The van der Waals surface area contributed by atoms with Crippen LogP contribution in [0.5, 0.6) is 0 Å². The molecule has 5 nitrogen and oxygen atoms in total. The minimum absolute atomic E-state index is 0.262. The van der Waals surface area contributed by atoms with E-state index < -0.39 is 0 Å². The normalized spacial score (nSPS) is 10.7. The van der Waals surface area contributed by atoms with Gasteiger partial charge in [0.1, 0.15) is 6.33 Å². The van der Waals surface area contributed by atoms with Crippen LogP contribution in [0.2, 0.25) is 0 Å². The first kappa shape index (κ1) is 10.5. The molecule has 0 aromatic carbocycles. The molecule has 0 atom stereocenters. The fourth-order valence-electron chi connectivity index (χ4n) is 1.34. The van der Waals surface area contributed by atoms with Crippen LogP contribution in [0, 0.1) is 0 Å². The Morgan fingerprint density at radius 2 is 2.25 bits per heavy atom. The maximum atomic E-state index is 10.9. The zero-order valence-electron chi connectivity index (χ0n) is 9.16. The number of aromatic nitrogens is 4. The second-order valence-electron chi connectivity index (χ2n) is 3.75. The molecule has 2 heterocycles. The molecule has 0 spiro atoms. The molecule has 0 saturated carbocycles. The maximum absolute atomic E-state index is 10.9. The molecule has 0 unspecified atom stereocenters. The number of carbonyl (C=O) groups is 1. The summed E-state index contributed by atoms with van der Waals surface area (Å²) in [5.74, 6) is 1.01. The molecule has 2 rings (SSSR count). The minimum atomic E-state index is 0.262. The number of pyridine rings is 1. The van der Waals surface area contributed by atoms with Gasteiger partial charge in [-0.2, -0.15) is 5.10 Å². The van der Waals surface area contributed by atoms with Gasteiger partial charge in [0.05, 0.1) is 11.9 Å². The smallest absolute Gasteiger partial charge is 0.153 e. The Balaban J connectivity index is 2.46. The van der Waals surface area contributed by atoms with E-state index in [1.54, 1.807) is 29.5 Å². The van der Waals surface area contributed by atoms with Crippen LogP contribution in [0.25, 0.3) is 5.69 Å². The fraction of sp³-hybridized carbons (Fsp3) is 0.273. The standard InChI is InChI=1S/C11H12N4O/c1-8(2)11-13-7-15(14-11)10-5-12-4-3-9(10)6-16/h3-8H,1-2H3. The molecule has 0 fully saturated rings. The molecule has 5 heteroatoms. The van der Waals surface area contributed by atoms with E-state index in [4.69, 9.17) is 0 Å². The van der Waals surface area contributed by atoms with E-state index in [1.807, 2.05) is 13.8 Å². The first-order valence-electron chi connectivity index (χ1n) is 5.03. The van der Waals surface area contributed by atoms with E-state index in [-0.39, 0.29) is 5.92 Å². The number of hydrogen-bond donors (Lipinski definition) is 0. The van der Waals surface area contributed by atoms with Gasteiger partial charge in [-0.15, -0.1) is 0 Å². The molecule has 2 aromatic heterocycles. The summed E-state index contributed by atoms with van der Waals surface area (Å²) in [5.41, 5.74) is 1.20. The first-order valence-corrected chi connectivity index (χ1v) is 5.03. The average Bonchev–Trinajstić information content (AvgIpc) is 2.78. The predicted octanol–water partition coefficient (Wildman–Crippen LogP) is 1.60. The van der Waals surface area contributed by atoms with Crippen molar-refractivity contribution in [1.29, 1.82) is 0 Å². The van der Waals surface area contributed by atoms with Gasteiger partial charge in [-0.1, -0.05) is 13.8 Å². The highest BCUT2D eigenvalue weighted by atomic mass is 16.1. The quantitative estimate of drug-likeness (QED) is 0.731. The van der Waals surface area contributed by atoms with Crippen molar-refractivity contribution < 1.29 is 4.79 Å². The van der Waals surface area contributed by atoms with Crippen LogP contribution in [0.1, 0.15) is 35.9 Å². The van der Waals surface area contributed by atoms with Crippen molar-refractivity contribution in [2.24, 2.45) is 0 Å². The second kappa shape index (κ2) is 4.22. The topological polar surface area (TPSA) is 60.7 Å². The average molecular weight is 216 g/mol. The van der Waals surface area contributed by atoms with Crippen LogP contribution in [0.3, 0.4) is 0 Å². The highest BCUT2D eigenvalue weighted by Gasteiger charge is 2.09. The molecule has 16 heavy (non-hydrogen) atoms. The molecule has 0 aliphatic carbocycles. The van der Waals surface area contributed by atoms with Crippen molar-refractivity contribution >= 4 is 6.29 Å². The Morgan fingerprint density at radius 1 is 1.44 bits per heavy atom. The Kier molecular flexibility index (Phi) is 2.76. The van der Waals surface area contributed by atoms with Gasteiger partial charge in [0.25, 0.3) is 0 Å². The molecule has 2 aromatic rings. The lowest BCUT2D eigenvalue weighted by Crippen LogP contribution is -2.01. The maximum Gasteiger partial charge on any atom is 0.153 e. The van der Waals surface area contributed by atoms with E-state index in [1.165, 1.54) is 0 Å². The Bertz CT molecular complexity index is 504. The third-order valence-electron chi connectivity index (χ3n) is 2.23. The Labute approximate surface area is 93.2 Å². The molecule has 0 saturated heterocycles. The number of aldehydes is 1. The lowest BCUT2D eigenvalue weighted by molar-refractivity contribution is 0.112. The van der Waals surface area contributed by atoms with Crippen LogP contribution >= 0.6 is 0 Å². The minimum Gasteiger partial charge on any atom is -0.298 e. The third-order valence-corrected chi connectivity index (χ3v) is 2.23. The van der Waals surface area contributed by atoms with Gasteiger partial charge in [0.2, 0.25) is 0 Å². The summed E-state index contributed by atoms with van der Waals surface area (Å²) in [6, 6.07) is 1.65. The van der Waals surface area contributed by atoms with Crippen molar-refractivity contribution in [1.82, 2.24) is 19.7 Å². The van der Waals surface area contributed by atoms with Gasteiger partial charge in [0, 0.05) is 17.7 Å². The highest BCUT2D eigenvalue weighted by Crippen LogP contribution is 2.12. The molecule has 0 radical (unpaired) electrons. The van der Waals surface area contributed by atoms with E-state index in [9.17, 15) is 4.79 Å². The van der Waals surface area contributed by atoms with Gasteiger partial charge in [0.15, 0.2) is 12.1 Å². The SMILES string of the molecule is CC(C)c1ncn(-c2cnccc2C=O)n1. The van der Waals surface area contributed by atoms with Crippen LogP contribution < -0.4 is 0 Å². The van der Waals surface area contributed by atoms with Crippen molar-refractivity contribution in [2.45, 2.75) is 19.8 Å². The second-order valence-corrected chi connectivity index (χ2v) is 3.75. The van der Waals surface area contributed by atoms with Gasteiger partial charge in [-0.25, -0.2) is 9.67 Å². The fourth-order valence-corrected chi connectivity index (χ4v) is 1.34. The van der Waals surface area contributed by atoms with Gasteiger partial charge < -0.3 is 0 Å². The number of rotatable bonds is 3. The predicted molar refractivity (Wildman–Crippen MR) is 58.6 cm³/mol. The molecule has 0 bridgehead atoms. The zero-order valence-corrected chi connectivity index (χ0v) is 9.16. The van der Waals surface area contributed by atoms with E-state index >= 15 is 0 Å². The molecule has 0 aliphatic heterocycles. The monoisotopic (exact) mass is 216 g/mol. The summed E-state index contributed by atoms with van der Waals surface area (Å²) in [4.78, 5) is 19.0. The summed E-state index contributed by atoms with van der Waals surface area (Å²) in [6.45, 7) is 4.03. The number of hydrogen-bond acceptors (Lipinski definition) is 4. The summed E-state index contributed by atoms with van der Waals surface area (Å²) in [6.07, 6.45) is 5.56. The summed E-state index contributed by atoms with van der Waals surface area (Å²) in [5, 5.41) is 4.30. The summed E-state index contributed by atoms with van der Waals surface area (Å²) >= 11 is 0. The van der Waals surface area contributed by atoms with Crippen molar-refractivity contribution in [3.63, 3.8) is 0 Å². The van der Waals surface area contributed by atoms with Gasteiger partial charge >= 0.3 is 0 Å². The van der Waals surface area contributed by atoms with Crippen molar-refractivity contribution in [2.75, 3.05) is 0 Å². The van der Waals surface area contributed by atoms with E-state index in [0.717, 1.165) is 12.1 Å². The largest absolute Gasteiger partial charge is 0.298 e. The van der Waals surface area contributed by atoms with Gasteiger partial charge in [-0.05, 0) is 6.07 Å². The van der Waals surface area contributed by atoms with Crippen LogP contribution in [0.15, 0.2) is 24.8 Å². The zero-order chi connectivity index (χ0) is 11.5. The number of carbonyl (C=O) groups excluding carboxylic acids is 1. The van der Waals surface area contributed by atoms with E-state index in [2.05, 4.69) is 15.1 Å². The Morgan fingerprint density at radius 3 is 2.88 bits per heavy atom. The van der Waals surface area contributed by atoms with Gasteiger partial charge in [-0.3, -0.25) is 9.78 Å². The lowest BCUT2D eigenvalue weighted by Gasteiger charge is -2.02. The summed E-state index contributed by atoms with van der Waals surface area (Å²) in [7, 11) is 0. The summed E-state index contributed by atoms with van der Waals surface area (Å²) < 4.78 is 1.58. The molecule has 0 amide bonds. The van der Waals surface area contributed by atoms with E-state index in [0.29, 0.717) is 11.3 Å². The number of nitrogens with zero attached hydrogens (tertiary/aromatic N) is 4. The molecular weight excluding hydrogens is 204 g/mol. The molecule has 0 aliphatic rings.